The van der Waals surface area contributed by atoms with Gasteiger partial charge in [0.1, 0.15) is 11.5 Å². The Hall–Kier alpha value is -1.68. The lowest BCUT2D eigenvalue weighted by molar-refractivity contribution is -0.127. The predicted molar refractivity (Wildman–Crippen MR) is 67.7 cm³/mol. The zero-order valence-electron chi connectivity index (χ0n) is 9.75. The molecule has 0 aromatic heterocycles. The maximum absolute atomic E-state index is 12.2. The summed E-state index contributed by atoms with van der Waals surface area (Å²) in [5.74, 6) is 1.06. The molecule has 0 aliphatic carbocycles. The van der Waals surface area contributed by atoms with Crippen molar-refractivity contribution < 1.29 is 17.9 Å². The smallest absolute Gasteiger partial charge is 0.393 e. The Bertz CT molecular complexity index is 532. The molecule has 0 aliphatic heterocycles. The minimum absolute atomic E-state index is 0.205. The second-order valence-electron chi connectivity index (χ2n) is 3.99. The number of hydrogen-bond acceptors (Lipinski definition) is 1. The van der Waals surface area contributed by atoms with Crippen molar-refractivity contribution in [2.24, 2.45) is 0 Å². The van der Waals surface area contributed by atoms with Crippen LogP contribution in [0.2, 0.25) is 5.02 Å². The first-order valence-electron chi connectivity index (χ1n) is 5.51. The van der Waals surface area contributed by atoms with Crippen LogP contribution >= 0.6 is 11.6 Å². The number of rotatable bonds is 3. The van der Waals surface area contributed by atoms with E-state index in [1.165, 1.54) is 24.3 Å². The van der Waals surface area contributed by atoms with Gasteiger partial charge in [0.05, 0.1) is 6.42 Å². The number of hydrogen-bond donors (Lipinski definition) is 0. The van der Waals surface area contributed by atoms with Crippen molar-refractivity contribution in [2.45, 2.75) is 12.6 Å². The monoisotopic (exact) mass is 286 g/mol. The number of benzene rings is 2. The molecule has 0 amide bonds. The minimum atomic E-state index is -4.20. The van der Waals surface area contributed by atoms with Crippen molar-refractivity contribution in [3.8, 4) is 11.5 Å². The molecule has 0 heterocycles. The van der Waals surface area contributed by atoms with Crippen LogP contribution in [0.25, 0.3) is 0 Å². The lowest BCUT2D eigenvalue weighted by atomic mass is 10.1. The maximum Gasteiger partial charge on any atom is 0.393 e. The van der Waals surface area contributed by atoms with E-state index in [1.807, 2.05) is 0 Å². The zero-order chi connectivity index (χ0) is 13.9. The Morgan fingerprint density at radius 3 is 1.79 bits per heavy atom. The SMILES string of the molecule is FC(F)(F)Cc1ccc(Oc2ccc(Cl)cc2)cc1. The Labute approximate surface area is 113 Å². The van der Waals surface area contributed by atoms with Gasteiger partial charge in [0.2, 0.25) is 0 Å². The topological polar surface area (TPSA) is 9.23 Å². The van der Waals surface area contributed by atoms with Gasteiger partial charge < -0.3 is 4.74 Å². The predicted octanol–water partition coefficient (Wildman–Crippen LogP) is 5.24. The highest BCUT2D eigenvalue weighted by molar-refractivity contribution is 6.30. The highest BCUT2D eigenvalue weighted by atomic mass is 35.5. The maximum atomic E-state index is 12.2. The van der Waals surface area contributed by atoms with Crippen molar-refractivity contribution >= 4 is 11.6 Å². The van der Waals surface area contributed by atoms with Gasteiger partial charge in [-0.15, -0.1) is 0 Å². The number of ether oxygens (including phenoxy) is 1. The molecule has 0 spiro atoms. The molecular formula is C14H10ClF3O. The summed E-state index contributed by atoms with van der Waals surface area (Å²) in [5.41, 5.74) is 0.205. The van der Waals surface area contributed by atoms with Crippen molar-refractivity contribution in [3.63, 3.8) is 0 Å². The van der Waals surface area contributed by atoms with E-state index in [4.69, 9.17) is 16.3 Å². The average Bonchev–Trinajstić information content (AvgIpc) is 2.33. The van der Waals surface area contributed by atoms with Gasteiger partial charge in [-0.2, -0.15) is 13.2 Å². The lowest BCUT2D eigenvalue weighted by Crippen LogP contribution is -2.11. The Morgan fingerprint density at radius 1 is 0.842 bits per heavy atom. The van der Waals surface area contributed by atoms with Crippen LogP contribution in [0.15, 0.2) is 48.5 Å². The van der Waals surface area contributed by atoms with Gasteiger partial charge in [-0.05, 0) is 42.0 Å². The first kappa shape index (κ1) is 13.7. The second-order valence-corrected chi connectivity index (χ2v) is 4.43. The van der Waals surface area contributed by atoms with Crippen molar-refractivity contribution in [1.82, 2.24) is 0 Å². The summed E-state index contributed by atoms with van der Waals surface area (Å²) in [7, 11) is 0. The highest BCUT2D eigenvalue weighted by Gasteiger charge is 2.27. The number of halogens is 4. The molecular weight excluding hydrogens is 277 g/mol. The van der Waals surface area contributed by atoms with Crippen LogP contribution in [0.1, 0.15) is 5.56 Å². The summed E-state index contributed by atoms with van der Waals surface area (Å²) >= 11 is 5.73. The van der Waals surface area contributed by atoms with Gasteiger partial charge >= 0.3 is 6.18 Å². The molecule has 0 saturated heterocycles. The summed E-state index contributed by atoms with van der Waals surface area (Å²) in [6, 6.07) is 12.5. The molecule has 0 bridgehead atoms. The van der Waals surface area contributed by atoms with Gasteiger partial charge in [0.25, 0.3) is 0 Å². The fourth-order valence-electron chi connectivity index (χ4n) is 1.55. The quantitative estimate of drug-likeness (QED) is 0.750. The number of alkyl halides is 3. The first-order chi connectivity index (χ1) is 8.92. The molecule has 0 N–H and O–H groups in total. The van der Waals surface area contributed by atoms with Gasteiger partial charge in [0, 0.05) is 5.02 Å². The standard InChI is InChI=1S/C14H10ClF3O/c15-11-3-7-13(8-4-11)19-12-5-1-10(2-6-12)9-14(16,17)18/h1-8H,9H2. The molecule has 100 valence electrons. The molecule has 2 aromatic carbocycles. The molecule has 0 radical (unpaired) electrons. The molecule has 0 aliphatic rings. The normalized spacial score (nSPS) is 11.4. The van der Waals surface area contributed by atoms with Crippen LogP contribution in [0.3, 0.4) is 0 Å². The van der Waals surface area contributed by atoms with Gasteiger partial charge in [-0.3, -0.25) is 0 Å². The average molecular weight is 287 g/mol. The molecule has 2 rings (SSSR count). The van der Waals surface area contributed by atoms with Crippen LogP contribution in [0.5, 0.6) is 11.5 Å². The van der Waals surface area contributed by atoms with E-state index in [0.29, 0.717) is 16.5 Å². The first-order valence-corrected chi connectivity index (χ1v) is 5.89. The van der Waals surface area contributed by atoms with Crippen molar-refractivity contribution in [2.75, 3.05) is 0 Å². The van der Waals surface area contributed by atoms with E-state index in [-0.39, 0.29) is 5.56 Å². The molecule has 0 atom stereocenters. The van der Waals surface area contributed by atoms with Gasteiger partial charge in [-0.25, -0.2) is 0 Å². The third-order valence-electron chi connectivity index (χ3n) is 2.38. The van der Waals surface area contributed by atoms with Gasteiger partial charge in [-0.1, -0.05) is 23.7 Å². The fraction of sp³-hybridized carbons (Fsp3) is 0.143. The fourth-order valence-corrected chi connectivity index (χ4v) is 1.67. The zero-order valence-corrected chi connectivity index (χ0v) is 10.5. The van der Waals surface area contributed by atoms with E-state index in [9.17, 15) is 13.2 Å². The van der Waals surface area contributed by atoms with E-state index >= 15 is 0 Å². The van der Waals surface area contributed by atoms with Crippen LogP contribution in [-0.4, -0.2) is 6.18 Å². The van der Waals surface area contributed by atoms with Crippen LogP contribution in [0, 0.1) is 0 Å². The molecule has 0 unspecified atom stereocenters. The lowest BCUT2D eigenvalue weighted by Gasteiger charge is -2.08. The Kier molecular flexibility index (Phi) is 4.00. The summed E-state index contributed by atoms with van der Waals surface area (Å²) in [5, 5.41) is 0.591. The minimum Gasteiger partial charge on any atom is -0.457 e. The van der Waals surface area contributed by atoms with E-state index < -0.39 is 12.6 Å². The molecule has 1 nitrogen and oxygen atoms in total. The summed E-state index contributed by atoms with van der Waals surface area (Å²) in [6.45, 7) is 0. The van der Waals surface area contributed by atoms with Crippen LogP contribution in [0.4, 0.5) is 13.2 Å². The Morgan fingerprint density at radius 2 is 1.32 bits per heavy atom. The largest absolute Gasteiger partial charge is 0.457 e. The summed E-state index contributed by atoms with van der Waals surface area (Å²) in [4.78, 5) is 0. The third kappa shape index (κ3) is 4.48. The van der Waals surface area contributed by atoms with Crippen molar-refractivity contribution in [1.29, 1.82) is 0 Å². The van der Waals surface area contributed by atoms with Crippen LogP contribution < -0.4 is 4.74 Å². The van der Waals surface area contributed by atoms with Crippen molar-refractivity contribution in [3.05, 3.63) is 59.1 Å². The molecule has 5 heteroatoms. The highest BCUT2D eigenvalue weighted by Crippen LogP contribution is 2.26. The molecule has 0 fully saturated rings. The molecule has 19 heavy (non-hydrogen) atoms. The molecule has 2 aromatic rings. The summed E-state index contributed by atoms with van der Waals surface area (Å²) < 4.78 is 42.0. The molecule has 0 saturated carbocycles. The third-order valence-corrected chi connectivity index (χ3v) is 2.63. The van der Waals surface area contributed by atoms with Gasteiger partial charge in [0.15, 0.2) is 0 Å². The van der Waals surface area contributed by atoms with E-state index in [0.717, 1.165) is 0 Å². The van der Waals surface area contributed by atoms with E-state index in [2.05, 4.69) is 0 Å². The van der Waals surface area contributed by atoms with Crippen LogP contribution in [-0.2, 0) is 6.42 Å². The Balaban J connectivity index is 2.04. The summed E-state index contributed by atoms with van der Waals surface area (Å²) in [6.07, 6.45) is -5.13. The second kappa shape index (κ2) is 5.53. The van der Waals surface area contributed by atoms with E-state index in [1.54, 1.807) is 24.3 Å².